The summed E-state index contributed by atoms with van der Waals surface area (Å²) in [6.45, 7) is 19.4. The standard InChI is InChI=1S/C41H64N6O7/c1-10-11-18-42-35(52)32(50)27(19-24-12-13-24)43-34(51)31-25-14-15-41(16-17-41)26(25)22-47(31)36(53)33(39(5,6)7)45-37(54)44-28(38(2,3)4)23-46-29(48)20-40(8,9)21-30(46)49/h10,24-28,31,33H,1,11-23H2,2-9H3,(H,42,52)(H,43,51)(H2,44,45,54)/t25-,26-,27?,28+,31-,33+/m0/s1. The van der Waals surface area contributed by atoms with Gasteiger partial charge in [0.1, 0.15) is 12.1 Å². The molecule has 2 saturated heterocycles. The molecule has 13 nitrogen and oxygen atoms in total. The molecule has 5 aliphatic rings. The van der Waals surface area contributed by atoms with E-state index < -0.39 is 64.0 Å². The number of rotatable bonds is 14. The van der Waals surface area contributed by atoms with Crippen LogP contribution in [0.4, 0.5) is 4.79 Å². The fourth-order valence-electron chi connectivity index (χ4n) is 8.89. The van der Waals surface area contributed by atoms with Crippen molar-refractivity contribution in [3.8, 4) is 0 Å². The molecule has 6 atom stereocenters. The number of carbonyl (C=O) groups excluding carboxylic acids is 7. The van der Waals surface area contributed by atoms with Crippen LogP contribution in [-0.4, -0.2) is 95.0 Å². The molecule has 1 spiro atoms. The largest absolute Gasteiger partial charge is 0.349 e. The highest BCUT2D eigenvalue weighted by atomic mass is 16.2. The van der Waals surface area contributed by atoms with E-state index in [9.17, 15) is 33.6 Å². The Bertz CT molecular complexity index is 1510. The predicted molar refractivity (Wildman–Crippen MR) is 203 cm³/mol. The van der Waals surface area contributed by atoms with Gasteiger partial charge in [0.15, 0.2) is 0 Å². The summed E-state index contributed by atoms with van der Waals surface area (Å²) < 4.78 is 0. The summed E-state index contributed by atoms with van der Waals surface area (Å²) in [7, 11) is 0. The number of piperidine rings is 1. The van der Waals surface area contributed by atoms with Crippen LogP contribution in [0.1, 0.15) is 120 Å². The Labute approximate surface area is 320 Å². The molecule has 0 radical (unpaired) electrons. The minimum absolute atomic E-state index is 0.00559. The number of hydrogen-bond acceptors (Lipinski definition) is 7. The van der Waals surface area contributed by atoms with E-state index in [0.717, 1.165) is 38.5 Å². The van der Waals surface area contributed by atoms with Crippen LogP contribution in [0, 0.1) is 39.4 Å². The van der Waals surface area contributed by atoms with Crippen molar-refractivity contribution < 1.29 is 33.6 Å². The number of hydrogen-bond donors (Lipinski definition) is 4. The number of carbonyl (C=O) groups is 7. The number of amides is 7. The van der Waals surface area contributed by atoms with E-state index in [1.807, 2.05) is 55.4 Å². The van der Waals surface area contributed by atoms with E-state index >= 15 is 0 Å². The third kappa shape index (κ3) is 9.36. The zero-order chi connectivity index (χ0) is 40.0. The molecule has 1 unspecified atom stereocenters. The molecule has 0 aromatic heterocycles. The molecule has 2 aliphatic heterocycles. The highest BCUT2D eigenvalue weighted by Gasteiger charge is 2.64. The van der Waals surface area contributed by atoms with E-state index in [1.54, 1.807) is 11.0 Å². The normalized spacial score (nSPS) is 26.0. The van der Waals surface area contributed by atoms with Crippen LogP contribution in [-0.2, 0) is 28.8 Å². The number of fused-ring (bicyclic) bond motifs is 2. The molecule has 5 rings (SSSR count). The molecule has 3 aliphatic carbocycles. The average molecular weight is 753 g/mol. The van der Waals surface area contributed by atoms with Gasteiger partial charge < -0.3 is 26.2 Å². The quantitative estimate of drug-likeness (QED) is 0.0903. The predicted octanol–water partition coefficient (Wildman–Crippen LogP) is 3.85. The summed E-state index contributed by atoms with van der Waals surface area (Å²) in [4.78, 5) is 98.2. The van der Waals surface area contributed by atoms with Gasteiger partial charge >= 0.3 is 6.03 Å². The van der Waals surface area contributed by atoms with E-state index in [1.165, 1.54) is 4.90 Å². The van der Waals surface area contributed by atoms with Crippen LogP contribution in [0.15, 0.2) is 12.7 Å². The lowest BCUT2D eigenvalue weighted by Gasteiger charge is -2.40. The highest BCUT2D eigenvalue weighted by molar-refractivity contribution is 6.38. The van der Waals surface area contributed by atoms with Gasteiger partial charge in [-0.1, -0.05) is 74.3 Å². The Morgan fingerprint density at radius 1 is 0.889 bits per heavy atom. The minimum Gasteiger partial charge on any atom is -0.349 e. The topological polar surface area (TPSA) is 174 Å². The molecule has 300 valence electrons. The molecule has 0 bridgehead atoms. The second-order valence-corrected chi connectivity index (χ2v) is 19.8. The highest BCUT2D eigenvalue weighted by Crippen LogP contribution is 2.66. The maximum absolute atomic E-state index is 14.8. The summed E-state index contributed by atoms with van der Waals surface area (Å²) in [6, 6.07) is -4.10. The zero-order valence-electron chi connectivity index (χ0n) is 33.8. The minimum atomic E-state index is -1.03. The van der Waals surface area contributed by atoms with Crippen molar-refractivity contribution in [2.24, 2.45) is 39.4 Å². The number of Topliss-reactive ketones (excluding diaryl/α,β-unsaturated/α-hetero) is 1. The Morgan fingerprint density at radius 3 is 2.06 bits per heavy atom. The van der Waals surface area contributed by atoms with Gasteiger partial charge in [-0.15, -0.1) is 6.58 Å². The van der Waals surface area contributed by atoms with Crippen LogP contribution < -0.4 is 21.3 Å². The number of nitrogens with zero attached hydrogens (tertiary/aromatic N) is 2. The molecular formula is C41H64N6O7. The van der Waals surface area contributed by atoms with E-state index in [-0.39, 0.29) is 66.8 Å². The van der Waals surface area contributed by atoms with Crippen LogP contribution in [0.25, 0.3) is 0 Å². The van der Waals surface area contributed by atoms with Crippen molar-refractivity contribution in [3.63, 3.8) is 0 Å². The fraction of sp³-hybridized carbons (Fsp3) is 0.780. The zero-order valence-corrected chi connectivity index (χ0v) is 33.8. The molecule has 0 aromatic rings. The van der Waals surface area contributed by atoms with Crippen molar-refractivity contribution in [1.29, 1.82) is 0 Å². The summed E-state index contributed by atoms with van der Waals surface area (Å²) in [5.41, 5.74) is -1.63. The van der Waals surface area contributed by atoms with Gasteiger partial charge in [0, 0.05) is 32.5 Å². The number of ketones is 1. The molecule has 5 fully saturated rings. The second-order valence-electron chi connectivity index (χ2n) is 19.8. The Hall–Kier alpha value is -3.77. The van der Waals surface area contributed by atoms with Gasteiger partial charge in [-0.25, -0.2) is 4.79 Å². The Morgan fingerprint density at radius 2 is 1.52 bits per heavy atom. The van der Waals surface area contributed by atoms with Crippen molar-refractivity contribution in [3.05, 3.63) is 12.7 Å². The van der Waals surface area contributed by atoms with Crippen LogP contribution in [0.3, 0.4) is 0 Å². The number of likely N-dealkylation sites (tertiary alicyclic amines) is 2. The lowest BCUT2D eigenvalue weighted by atomic mass is 9.80. The third-order valence-corrected chi connectivity index (χ3v) is 12.6. The number of imide groups is 1. The summed E-state index contributed by atoms with van der Waals surface area (Å²) >= 11 is 0. The van der Waals surface area contributed by atoms with Gasteiger partial charge in [0.2, 0.25) is 29.4 Å². The van der Waals surface area contributed by atoms with Gasteiger partial charge in [-0.05, 0) is 77.9 Å². The molecule has 2 heterocycles. The summed E-state index contributed by atoms with van der Waals surface area (Å²) in [5, 5.41) is 11.5. The van der Waals surface area contributed by atoms with Crippen LogP contribution >= 0.6 is 0 Å². The van der Waals surface area contributed by atoms with E-state index in [0.29, 0.717) is 19.4 Å². The lowest BCUT2D eigenvalue weighted by Crippen LogP contribution is -2.63. The summed E-state index contributed by atoms with van der Waals surface area (Å²) in [5.74, 6) is -2.52. The lowest BCUT2D eigenvalue weighted by molar-refractivity contribution is -0.153. The van der Waals surface area contributed by atoms with Crippen LogP contribution in [0.2, 0.25) is 0 Å². The first kappa shape index (κ1) is 41.4. The average Bonchev–Trinajstić information content (AvgIpc) is 3.96. The molecule has 0 aromatic carbocycles. The van der Waals surface area contributed by atoms with E-state index in [4.69, 9.17) is 0 Å². The molecular weight excluding hydrogens is 688 g/mol. The second kappa shape index (κ2) is 15.4. The van der Waals surface area contributed by atoms with Crippen molar-refractivity contribution in [2.75, 3.05) is 19.6 Å². The monoisotopic (exact) mass is 752 g/mol. The molecule has 7 amide bonds. The molecule has 13 heteroatoms. The first-order valence-electron chi connectivity index (χ1n) is 20.0. The maximum atomic E-state index is 14.8. The SMILES string of the molecule is C=CCCNC(=O)C(=O)C(CC1CC1)NC(=O)[C@@H]1[C@H]2CCC3(CC3)[C@H]2CN1C(=O)[C@@H](NC(=O)N[C@H](CN1C(=O)CC(C)(C)CC1=O)C(C)(C)C)C(C)(C)C. The number of nitrogens with one attached hydrogen (secondary N) is 4. The van der Waals surface area contributed by atoms with Crippen molar-refractivity contribution in [2.45, 2.75) is 144 Å². The van der Waals surface area contributed by atoms with Gasteiger partial charge in [-0.2, -0.15) is 0 Å². The van der Waals surface area contributed by atoms with Crippen LogP contribution in [0.5, 0.6) is 0 Å². The molecule has 4 N–H and O–H groups in total. The third-order valence-electron chi connectivity index (χ3n) is 12.6. The summed E-state index contributed by atoms with van der Waals surface area (Å²) in [6.07, 6.45) is 8.72. The van der Waals surface area contributed by atoms with E-state index in [2.05, 4.69) is 27.8 Å². The van der Waals surface area contributed by atoms with Gasteiger partial charge in [0.05, 0.1) is 12.1 Å². The first-order chi connectivity index (χ1) is 25.1. The first-order valence-corrected chi connectivity index (χ1v) is 20.0. The number of urea groups is 1. The van der Waals surface area contributed by atoms with Crippen molar-refractivity contribution in [1.82, 2.24) is 31.1 Å². The van der Waals surface area contributed by atoms with Gasteiger partial charge in [-0.3, -0.25) is 33.7 Å². The maximum Gasteiger partial charge on any atom is 0.315 e. The fourth-order valence-corrected chi connectivity index (χ4v) is 8.89. The Kier molecular flexibility index (Phi) is 11.8. The molecule has 3 saturated carbocycles. The van der Waals surface area contributed by atoms with Crippen molar-refractivity contribution >= 4 is 41.4 Å². The molecule has 54 heavy (non-hydrogen) atoms. The Balaban J connectivity index is 1.34. The van der Waals surface area contributed by atoms with Gasteiger partial charge in [0.25, 0.3) is 5.91 Å². The smallest absolute Gasteiger partial charge is 0.315 e.